The number of hydrogen-bond acceptors (Lipinski definition) is 7. The zero-order valence-corrected chi connectivity index (χ0v) is 27.2. The smallest absolute Gasteiger partial charge is 0.220 e. The summed E-state index contributed by atoms with van der Waals surface area (Å²) in [6.07, 6.45) is 3.01. The average Bonchev–Trinajstić information content (AvgIpc) is 3.45. The molecule has 2 aromatic carbocycles. The van der Waals surface area contributed by atoms with Gasteiger partial charge >= 0.3 is 0 Å². The summed E-state index contributed by atoms with van der Waals surface area (Å²) >= 11 is 14.0. The number of nitrogens with zero attached hydrogens (tertiary/aromatic N) is 2. The normalized spacial score (nSPS) is 14.6. The maximum absolute atomic E-state index is 15.3. The van der Waals surface area contributed by atoms with E-state index in [1.807, 2.05) is 44.2 Å². The molecule has 8 nitrogen and oxygen atoms in total. The minimum absolute atomic E-state index is 0.0897. The molecule has 0 aliphatic carbocycles. The lowest BCUT2D eigenvalue weighted by atomic mass is 9.99. The summed E-state index contributed by atoms with van der Waals surface area (Å²) in [5.41, 5.74) is 4.87. The van der Waals surface area contributed by atoms with Crippen LogP contribution < -0.4 is 25.4 Å². The van der Waals surface area contributed by atoms with E-state index in [0.717, 1.165) is 12.0 Å². The Morgan fingerprint density at radius 1 is 1.02 bits per heavy atom. The molecule has 236 valence electrons. The van der Waals surface area contributed by atoms with Gasteiger partial charge in [0.05, 0.1) is 35.7 Å². The standard InChI is InChI=1S/C34H36Cl2FN5O3/c1-19(2)40-18-26-27(37)14-21(15-29(26)44-3)33-32(36)24(12-13-39-33)23-6-5-7-25(31(23)35)28-10-8-20(34(42-28)45-4)16-38-17-22-9-11-30(43)41-22/h5-8,10,12-15,19,22,38,40H,9,11,16-18H2,1-4H3,(H,41,43). The molecule has 0 spiro atoms. The average molecular weight is 653 g/mol. The van der Waals surface area contributed by atoms with Crippen LogP contribution in [0.2, 0.25) is 10.0 Å². The molecule has 45 heavy (non-hydrogen) atoms. The Morgan fingerprint density at radius 3 is 2.51 bits per heavy atom. The van der Waals surface area contributed by atoms with E-state index in [-0.39, 0.29) is 18.0 Å². The van der Waals surface area contributed by atoms with E-state index in [2.05, 4.69) is 20.9 Å². The van der Waals surface area contributed by atoms with Crippen LogP contribution in [0.15, 0.2) is 54.7 Å². The van der Waals surface area contributed by atoms with E-state index in [9.17, 15) is 4.79 Å². The van der Waals surface area contributed by atoms with Gasteiger partial charge in [-0.1, -0.05) is 61.3 Å². The van der Waals surface area contributed by atoms with Gasteiger partial charge in [0, 0.05) is 77.7 Å². The summed E-state index contributed by atoms with van der Waals surface area (Å²) in [4.78, 5) is 20.7. The van der Waals surface area contributed by atoms with Crippen molar-refractivity contribution >= 4 is 29.1 Å². The largest absolute Gasteiger partial charge is 0.496 e. The molecule has 1 unspecified atom stereocenters. The summed E-state index contributed by atoms with van der Waals surface area (Å²) in [6.45, 7) is 5.52. The van der Waals surface area contributed by atoms with Gasteiger partial charge in [0.15, 0.2) is 0 Å². The van der Waals surface area contributed by atoms with Crippen LogP contribution in [0.3, 0.4) is 0 Å². The third-order valence-electron chi connectivity index (χ3n) is 7.71. The number of rotatable bonds is 12. The van der Waals surface area contributed by atoms with Crippen molar-refractivity contribution in [3.63, 3.8) is 0 Å². The predicted octanol–water partition coefficient (Wildman–Crippen LogP) is 6.81. The molecule has 3 N–H and O–H groups in total. The van der Waals surface area contributed by atoms with Crippen molar-refractivity contribution in [3.8, 4) is 45.3 Å². The van der Waals surface area contributed by atoms with Crippen LogP contribution in [0.1, 0.15) is 37.8 Å². The zero-order chi connectivity index (χ0) is 32.1. The third kappa shape index (κ3) is 7.39. The monoisotopic (exact) mass is 651 g/mol. The van der Waals surface area contributed by atoms with E-state index >= 15 is 4.39 Å². The van der Waals surface area contributed by atoms with Crippen molar-refractivity contribution in [1.29, 1.82) is 0 Å². The quantitative estimate of drug-likeness (QED) is 0.155. The van der Waals surface area contributed by atoms with Crippen molar-refractivity contribution in [2.75, 3.05) is 20.8 Å². The number of halogens is 3. The van der Waals surface area contributed by atoms with Crippen LogP contribution in [0.4, 0.5) is 4.39 Å². The van der Waals surface area contributed by atoms with E-state index in [1.165, 1.54) is 13.2 Å². The highest BCUT2D eigenvalue weighted by molar-refractivity contribution is 6.39. The fourth-order valence-corrected chi connectivity index (χ4v) is 5.99. The van der Waals surface area contributed by atoms with Crippen LogP contribution in [0.5, 0.6) is 11.6 Å². The molecule has 1 atom stereocenters. The number of amides is 1. The molecule has 3 heterocycles. The van der Waals surface area contributed by atoms with Gasteiger partial charge in [0.1, 0.15) is 11.6 Å². The lowest BCUT2D eigenvalue weighted by Gasteiger charge is -2.16. The fourth-order valence-electron chi connectivity index (χ4n) is 5.34. The van der Waals surface area contributed by atoms with E-state index in [0.29, 0.717) is 86.9 Å². The number of nitrogens with one attached hydrogen (secondary N) is 3. The summed E-state index contributed by atoms with van der Waals surface area (Å²) in [5.74, 6) is 0.561. The first kappa shape index (κ1) is 32.6. The van der Waals surface area contributed by atoms with Crippen molar-refractivity contribution < 1.29 is 18.7 Å². The first-order chi connectivity index (χ1) is 21.7. The van der Waals surface area contributed by atoms with E-state index < -0.39 is 5.82 Å². The highest BCUT2D eigenvalue weighted by Gasteiger charge is 2.22. The molecule has 1 amide bonds. The third-order valence-corrected chi connectivity index (χ3v) is 8.50. The lowest BCUT2D eigenvalue weighted by Crippen LogP contribution is -2.35. The topological polar surface area (TPSA) is 97.4 Å². The molecule has 0 radical (unpaired) electrons. The number of carbonyl (C=O) groups is 1. The molecule has 0 bridgehead atoms. The maximum atomic E-state index is 15.3. The number of ether oxygens (including phenoxy) is 2. The highest BCUT2D eigenvalue weighted by Crippen LogP contribution is 2.42. The zero-order valence-electron chi connectivity index (χ0n) is 25.6. The number of pyridine rings is 2. The summed E-state index contributed by atoms with van der Waals surface area (Å²) in [7, 11) is 3.09. The van der Waals surface area contributed by atoms with Gasteiger partial charge in [-0.05, 0) is 30.7 Å². The molecule has 1 aliphatic heterocycles. The van der Waals surface area contributed by atoms with Gasteiger partial charge in [0.25, 0.3) is 0 Å². The molecule has 5 rings (SSSR count). The first-order valence-electron chi connectivity index (χ1n) is 14.8. The summed E-state index contributed by atoms with van der Waals surface area (Å²) in [5, 5.41) is 10.3. The molecular weight excluding hydrogens is 616 g/mol. The first-order valence-corrected chi connectivity index (χ1v) is 15.5. The Kier molecular flexibility index (Phi) is 10.6. The number of benzene rings is 2. The Hall–Kier alpha value is -3.76. The lowest BCUT2D eigenvalue weighted by molar-refractivity contribution is -0.119. The minimum Gasteiger partial charge on any atom is -0.496 e. The van der Waals surface area contributed by atoms with Crippen LogP contribution in [-0.4, -0.2) is 48.7 Å². The predicted molar refractivity (Wildman–Crippen MR) is 176 cm³/mol. The Balaban J connectivity index is 1.43. The van der Waals surface area contributed by atoms with Crippen molar-refractivity contribution in [2.45, 2.75) is 51.9 Å². The van der Waals surface area contributed by atoms with Gasteiger partial charge in [-0.3, -0.25) is 9.78 Å². The second kappa shape index (κ2) is 14.6. The summed E-state index contributed by atoms with van der Waals surface area (Å²) < 4.78 is 26.4. The van der Waals surface area contributed by atoms with Crippen molar-refractivity contribution in [2.24, 2.45) is 0 Å². The van der Waals surface area contributed by atoms with Gasteiger partial charge < -0.3 is 25.4 Å². The van der Waals surface area contributed by atoms with Gasteiger partial charge in [-0.15, -0.1) is 0 Å². The van der Waals surface area contributed by atoms with Crippen molar-refractivity contribution in [1.82, 2.24) is 25.9 Å². The summed E-state index contributed by atoms with van der Waals surface area (Å²) in [6, 6.07) is 14.7. The van der Waals surface area contributed by atoms with Crippen LogP contribution in [0, 0.1) is 5.82 Å². The molecule has 11 heteroatoms. The second-order valence-electron chi connectivity index (χ2n) is 11.2. The maximum Gasteiger partial charge on any atom is 0.220 e. The Labute approximate surface area is 272 Å². The SMILES string of the molecule is COc1cc(-c2nccc(-c3cccc(-c4ccc(CNCC5CCC(=O)N5)c(OC)n4)c3Cl)c2Cl)cc(F)c1CNC(C)C. The highest BCUT2D eigenvalue weighted by atomic mass is 35.5. The molecule has 1 fully saturated rings. The van der Waals surface area contributed by atoms with Crippen LogP contribution in [0.25, 0.3) is 33.6 Å². The molecule has 1 aliphatic rings. The molecule has 4 aromatic rings. The Bertz CT molecular complexity index is 1700. The number of hydrogen-bond donors (Lipinski definition) is 3. The van der Waals surface area contributed by atoms with Crippen LogP contribution >= 0.6 is 23.2 Å². The second-order valence-corrected chi connectivity index (χ2v) is 11.9. The number of methoxy groups -OCH3 is 2. The molecular formula is C34H36Cl2FN5O3. The number of carbonyl (C=O) groups excluding carboxylic acids is 1. The van der Waals surface area contributed by atoms with E-state index in [1.54, 1.807) is 25.4 Å². The van der Waals surface area contributed by atoms with Gasteiger partial charge in [-0.25, -0.2) is 9.37 Å². The van der Waals surface area contributed by atoms with Crippen molar-refractivity contribution in [3.05, 3.63) is 81.7 Å². The minimum atomic E-state index is -0.412. The Morgan fingerprint density at radius 2 is 1.80 bits per heavy atom. The molecule has 0 saturated carbocycles. The molecule has 1 saturated heterocycles. The number of aromatic nitrogens is 2. The van der Waals surface area contributed by atoms with Gasteiger partial charge in [0.2, 0.25) is 11.8 Å². The fraction of sp³-hybridized carbons (Fsp3) is 0.324. The van der Waals surface area contributed by atoms with E-state index in [4.69, 9.17) is 37.7 Å². The van der Waals surface area contributed by atoms with Crippen LogP contribution in [-0.2, 0) is 17.9 Å². The molecule has 2 aromatic heterocycles. The van der Waals surface area contributed by atoms with Gasteiger partial charge in [-0.2, -0.15) is 0 Å².